The van der Waals surface area contributed by atoms with Gasteiger partial charge in [0.25, 0.3) is 0 Å². The van der Waals surface area contributed by atoms with E-state index in [0.717, 1.165) is 0 Å². The standard InChI is InChI=1S/C13H13N3O/c1-9(2)13(17)12-11(15-7-8-16-12)10-5-3-4-6-14-10/h3-9H,1-2H3. The number of Topliss-reactive ketones (excluding diaryl/α,β-unsaturated/α-hetero) is 1. The molecule has 2 aromatic heterocycles. The van der Waals surface area contributed by atoms with Crippen molar-refractivity contribution in [3.8, 4) is 11.4 Å². The van der Waals surface area contributed by atoms with Crippen molar-refractivity contribution in [2.75, 3.05) is 0 Å². The molecule has 17 heavy (non-hydrogen) atoms. The fourth-order valence-corrected chi connectivity index (χ4v) is 1.48. The lowest BCUT2D eigenvalue weighted by Crippen LogP contribution is -2.12. The van der Waals surface area contributed by atoms with E-state index in [9.17, 15) is 4.79 Å². The topological polar surface area (TPSA) is 55.7 Å². The van der Waals surface area contributed by atoms with Crippen LogP contribution < -0.4 is 0 Å². The number of carbonyl (C=O) groups excluding carboxylic acids is 1. The second kappa shape index (κ2) is 4.82. The Kier molecular flexibility index (Phi) is 3.23. The summed E-state index contributed by atoms with van der Waals surface area (Å²) in [6.45, 7) is 3.69. The van der Waals surface area contributed by atoms with E-state index in [1.165, 1.54) is 6.20 Å². The summed E-state index contributed by atoms with van der Waals surface area (Å²) < 4.78 is 0. The quantitative estimate of drug-likeness (QED) is 0.755. The maximum absolute atomic E-state index is 12.0. The van der Waals surface area contributed by atoms with Gasteiger partial charge in [-0.25, -0.2) is 4.98 Å². The molecular formula is C13H13N3O. The Morgan fingerprint density at radius 2 is 1.82 bits per heavy atom. The zero-order chi connectivity index (χ0) is 12.3. The van der Waals surface area contributed by atoms with Crippen LogP contribution in [0.1, 0.15) is 24.3 Å². The number of carbonyl (C=O) groups is 1. The zero-order valence-electron chi connectivity index (χ0n) is 9.79. The molecule has 0 atom stereocenters. The number of aromatic nitrogens is 3. The maximum Gasteiger partial charge on any atom is 0.185 e. The largest absolute Gasteiger partial charge is 0.292 e. The summed E-state index contributed by atoms with van der Waals surface area (Å²) in [5, 5.41) is 0. The molecule has 4 heteroatoms. The highest BCUT2D eigenvalue weighted by Gasteiger charge is 2.18. The van der Waals surface area contributed by atoms with Gasteiger partial charge in [-0.2, -0.15) is 0 Å². The number of rotatable bonds is 3. The summed E-state index contributed by atoms with van der Waals surface area (Å²) in [4.78, 5) is 24.5. The molecule has 0 saturated carbocycles. The van der Waals surface area contributed by atoms with Crippen molar-refractivity contribution in [3.63, 3.8) is 0 Å². The van der Waals surface area contributed by atoms with Crippen LogP contribution in [0.15, 0.2) is 36.8 Å². The highest BCUT2D eigenvalue weighted by molar-refractivity contribution is 6.00. The number of pyridine rings is 1. The van der Waals surface area contributed by atoms with Crippen molar-refractivity contribution < 1.29 is 4.79 Å². The molecule has 0 aliphatic heterocycles. The summed E-state index contributed by atoms with van der Waals surface area (Å²) in [5.74, 6) is -0.118. The Morgan fingerprint density at radius 1 is 1.06 bits per heavy atom. The van der Waals surface area contributed by atoms with Crippen LogP contribution in [0, 0.1) is 5.92 Å². The van der Waals surface area contributed by atoms with Crippen LogP contribution in [0.2, 0.25) is 0 Å². The van der Waals surface area contributed by atoms with Gasteiger partial charge in [0.1, 0.15) is 11.4 Å². The van der Waals surface area contributed by atoms with Gasteiger partial charge in [-0.05, 0) is 12.1 Å². The Balaban J connectivity index is 2.52. The van der Waals surface area contributed by atoms with Crippen molar-refractivity contribution in [2.45, 2.75) is 13.8 Å². The molecule has 0 aliphatic rings. The highest BCUT2D eigenvalue weighted by Crippen LogP contribution is 2.19. The van der Waals surface area contributed by atoms with Crippen LogP contribution in [0.3, 0.4) is 0 Å². The van der Waals surface area contributed by atoms with E-state index in [4.69, 9.17) is 0 Å². The third-order valence-corrected chi connectivity index (χ3v) is 2.36. The average molecular weight is 227 g/mol. The first-order valence-electron chi connectivity index (χ1n) is 5.46. The van der Waals surface area contributed by atoms with Gasteiger partial charge in [0.2, 0.25) is 0 Å². The normalized spacial score (nSPS) is 10.5. The molecule has 0 saturated heterocycles. The van der Waals surface area contributed by atoms with Crippen molar-refractivity contribution in [1.29, 1.82) is 0 Å². The van der Waals surface area contributed by atoms with E-state index < -0.39 is 0 Å². The molecule has 86 valence electrons. The predicted octanol–water partition coefficient (Wildman–Crippen LogP) is 2.38. The molecule has 0 bridgehead atoms. The van der Waals surface area contributed by atoms with Gasteiger partial charge in [0.05, 0.1) is 5.69 Å². The number of ketones is 1. The maximum atomic E-state index is 12.0. The Hall–Kier alpha value is -2.10. The molecule has 0 spiro atoms. The molecule has 0 amide bonds. The fourth-order valence-electron chi connectivity index (χ4n) is 1.48. The van der Waals surface area contributed by atoms with Crippen molar-refractivity contribution >= 4 is 5.78 Å². The zero-order valence-corrected chi connectivity index (χ0v) is 9.79. The minimum Gasteiger partial charge on any atom is -0.292 e. The first-order chi connectivity index (χ1) is 8.20. The van der Waals surface area contributed by atoms with Crippen LogP contribution in [0.4, 0.5) is 0 Å². The van der Waals surface area contributed by atoms with E-state index in [-0.39, 0.29) is 11.7 Å². The molecule has 0 aliphatic carbocycles. The Morgan fingerprint density at radius 3 is 2.47 bits per heavy atom. The average Bonchev–Trinajstić information content (AvgIpc) is 2.39. The second-order valence-corrected chi connectivity index (χ2v) is 3.99. The van der Waals surface area contributed by atoms with Gasteiger partial charge in [-0.1, -0.05) is 19.9 Å². The van der Waals surface area contributed by atoms with Crippen LogP contribution in [0.5, 0.6) is 0 Å². The van der Waals surface area contributed by atoms with E-state index in [1.54, 1.807) is 12.4 Å². The highest BCUT2D eigenvalue weighted by atomic mass is 16.1. The summed E-state index contributed by atoms with van der Waals surface area (Å²) in [6.07, 6.45) is 4.77. The lowest BCUT2D eigenvalue weighted by Gasteiger charge is -2.07. The van der Waals surface area contributed by atoms with Crippen molar-refractivity contribution in [2.24, 2.45) is 5.92 Å². The van der Waals surface area contributed by atoms with E-state index in [2.05, 4.69) is 15.0 Å². The van der Waals surface area contributed by atoms with Crippen LogP contribution in [0.25, 0.3) is 11.4 Å². The number of hydrogen-bond donors (Lipinski definition) is 0. The summed E-state index contributed by atoms with van der Waals surface area (Å²) >= 11 is 0. The van der Waals surface area contributed by atoms with Gasteiger partial charge in [-0.15, -0.1) is 0 Å². The minimum atomic E-state index is -0.103. The van der Waals surface area contributed by atoms with Gasteiger partial charge < -0.3 is 0 Å². The summed E-state index contributed by atoms with van der Waals surface area (Å²) in [5.41, 5.74) is 1.61. The molecule has 2 aromatic rings. The smallest absolute Gasteiger partial charge is 0.185 e. The van der Waals surface area contributed by atoms with Crippen molar-refractivity contribution in [3.05, 3.63) is 42.5 Å². The third kappa shape index (κ3) is 2.36. The first kappa shape index (κ1) is 11.4. The van der Waals surface area contributed by atoms with Crippen molar-refractivity contribution in [1.82, 2.24) is 15.0 Å². The Labute approximate surface area is 99.8 Å². The number of hydrogen-bond acceptors (Lipinski definition) is 4. The predicted molar refractivity (Wildman–Crippen MR) is 64.4 cm³/mol. The van der Waals surface area contributed by atoms with E-state index in [0.29, 0.717) is 17.1 Å². The summed E-state index contributed by atoms with van der Waals surface area (Å²) in [6, 6.07) is 5.51. The van der Waals surface area contributed by atoms with Gasteiger partial charge >= 0.3 is 0 Å². The Bertz CT molecular complexity index is 523. The van der Waals surface area contributed by atoms with Crippen LogP contribution in [-0.2, 0) is 0 Å². The van der Waals surface area contributed by atoms with E-state index >= 15 is 0 Å². The monoisotopic (exact) mass is 227 g/mol. The first-order valence-corrected chi connectivity index (χ1v) is 5.46. The third-order valence-electron chi connectivity index (χ3n) is 2.36. The fraction of sp³-hybridized carbons (Fsp3) is 0.231. The molecule has 0 aromatic carbocycles. The van der Waals surface area contributed by atoms with Gasteiger partial charge in [-0.3, -0.25) is 14.8 Å². The lowest BCUT2D eigenvalue weighted by molar-refractivity contribution is 0.0934. The molecular weight excluding hydrogens is 214 g/mol. The van der Waals surface area contributed by atoms with Crippen LogP contribution >= 0.6 is 0 Å². The number of nitrogens with zero attached hydrogens (tertiary/aromatic N) is 3. The minimum absolute atomic E-state index is 0.0150. The molecule has 0 fully saturated rings. The van der Waals surface area contributed by atoms with Gasteiger partial charge in [0.15, 0.2) is 5.78 Å². The molecule has 2 rings (SSSR count). The second-order valence-electron chi connectivity index (χ2n) is 3.99. The van der Waals surface area contributed by atoms with E-state index in [1.807, 2.05) is 32.0 Å². The molecule has 0 N–H and O–H groups in total. The lowest BCUT2D eigenvalue weighted by atomic mass is 10.0. The van der Waals surface area contributed by atoms with Crippen LogP contribution in [-0.4, -0.2) is 20.7 Å². The molecule has 2 heterocycles. The summed E-state index contributed by atoms with van der Waals surface area (Å²) in [7, 11) is 0. The molecule has 0 radical (unpaired) electrons. The molecule has 0 unspecified atom stereocenters. The SMILES string of the molecule is CC(C)C(=O)c1nccnc1-c1ccccn1. The molecule has 4 nitrogen and oxygen atoms in total. The van der Waals surface area contributed by atoms with Gasteiger partial charge in [0, 0.05) is 24.5 Å².